The second kappa shape index (κ2) is 9.82. The molecule has 0 radical (unpaired) electrons. The normalized spacial score (nSPS) is 14.6. The van der Waals surface area contributed by atoms with Crippen LogP contribution in [-0.2, 0) is 4.79 Å². The number of carbonyl (C=O) groups excluding carboxylic acids is 1. The molecule has 1 atom stereocenters. The van der Waals surface area contributed by atoms with E-state index in [1.807, 2.05) is 45.0 Å². The van der Waals surface area contributed by atoms with Crippen molar-refractivity contribution in [3.05, 3.63) is 58.7 Å². The maximum atomic E-state index is 13.4. The molecular formula is C26H27N5O2S. The number of anilines is 1. The molecule has 0 aliphatic carbocycles. The van der Waals surface area contributed by atoms with E-state index in [0.717, 1.165) is 22.4 Å². The van der Waals surface area contributed by atoms with Crippen LogP contribution in [0.1, 0.15) is 55.7 Å². The number of amides is 1. The maximum absolute atomic E-state index is 13.4. The quantitative estimate of drug-likeness (QED) is 0.445. The largest absolute Gasteiger partial charge is 0.447 e. The highest BCUT2D eigenvalue weighted by atomic mass is 32.2. The number of fused-ring (bicyclic) bond motifs is 3. The first-order valence-electron chi connectivity index (χ1n) is 11.3. The molecule has 0 spiro atoms. The first-order chi connectivity index (χ1) is 16.3. The van der Waals surface area contributed by atoms with Crippen LogP contribution >= 0.6 is 11.8 Å². The monoisotopic (exact) mass is 473 g/mol. The van der Waals surface area contributed by atoms with Gasteiger partial charge in [0.05, 0.1) is 17.3 Å². The number of hydrogen-bond acceptors (Lipinski definition) is 7. The summed E-state index contributed by atoms with van der Waals surface area (Å²) < 4.78 is 6.47. The van der Waals surface area contributed by atoms with Gasteiger partial charge < -0.3 is 4.74 Å². The Bertz CT molecular complexity index is 1280. The zero-order valence-electron chi connectivity index (χ0n) is 20.0. The molecule has 3 aromatic rings. The van der Waals surface area contributed by atoms with Crippen LogP contribution in [0.25, 0.3) is 11.3 Å². The van der Waals surface area contributed by atoms with Crippen LogP contribution in [0.3, 0.4) is 0 Å². The Morgan fingerprint density at radius 2 is 2.00 bits per heavy atom. The molecule has 0 bridgehead atoms. The second-order valence-corrected chi connectivity index (χ2v) is 9.70. The summed E-state index contributed by atoms with van der Waals surface area (Å²) in [7, 11) is 0. The standard InChI is InChI=1S/C26H27N5O2S/c1-6-21(32)31-23-17(5)11-16(4)12-20(23)22-24(28-26(30-29-22)34-14-15(2)3)33-25(31)19-10-8-7-9-18(19)13-27/h7-12,15,25H,6,14H2,1-5H3/t25-/m0/s1. The highest BCUT2D eigenvalue weighted by Gasteiger charge is 2.37. The third kappa shape index (κ3) is 4.48. The van der Waals surface area contributed by atoms with Crippen molar-refractivity contribution in [2.75, 3.05) is 10.7 Å². The fraction of sp³-hybridized carbons (Fsp3) is 0.346. The van der Waals surface area contributed by atoms with E-state index in [-0.39, 0.29) is 12.3 Å². The number of nitrogens with zero attached hydrogens (tertiary/aromatic N) is 5. The molecule has 2 aromatic carbocycles. The fourth-order valence-corrected chi connectivity index (χ4v) is 4.76. The Balaban J connectivity index is 1.99. The third-order valence-electron chi connectivity index (χ3n) is 5.50. The average Bonchev–Trinajstić information content (AvgIpc) is 2.96. The van der Waals surface area contributed by atoms with Crippen molar-refractivity contribution in [3.63, 3.8) is 0 Å². The molecule has 34 heavy (non-hydrogen) atoms. The lowest BCUT2D eigenvalue weighted by molar-refractivity contribution is -0.120. The minimum atomic E-state index is -0.871. The van der Waals surface area contributed by atoms with Gasteiger partial charge in [-0.25, -0.2) is 0 Å². The molecule has 7 nitrogen and oxygen atoms in total. The molecule has 0 saturated heterocycles. The van der Waals surface area contributed by atoms with E-state index in [2.05, 4.69) is 30.1 Å². The van der Waals surface area contributed by atoms with Crippen LogP contribution in [0.15, 0.2) is 41.6 Å². The molecule has 0 fully saturated rings. The van der Waals surface area contributed by atoms with E-state index in [1.165, 1.54) is 11.8 Å². The summed E-state index contributed by atoms with van der Waals surface area (Å²) >= 11 is 1.51. The molecule has 1 aromatic heterocycles. The number of carbonyl (C=O) groups is 1. The van der Waals surface area contributed by atoms with E-state index in [1.54, 1.807) is 17.0 Å². The summed E-state index contributed by atoms with van der Waals surface area (Å²) in [4.78, 5) is 19.7. The highest BCUT2D eigenvalue weighted by molar-refractivity contribution is 7.99. The molecular weight excluding hydrogens is 446 g/mol. The molecule has 0 unspecified atom stereocenters. The molecule has 4 rings (SSSR count). The zero-order valence-corrected chi connectivity index (χ0v) is 20.8. The summed E-state index contributed by atoms with van der Waals surface area (Å²) in [5.74, 6) is 1.49. The van der Waals surface area contributed by atoms with Crippen molar-refractivity contribution in [3.8, 4) is 23.2 Å². The van der Waals surface area contributed by atoms with Gasteiger partial charge in [-0.15, -0.1) is 10.2 Å². The van der Waals surface area contributed by atoms with Gasteiger partial charge in [-0.2, -0.15) is 10.2 Å². The van der Waals surface area contributed by atoms with Gasteiger partial charge in [0.25, 0.3) is 0 Å². The lowest BCUT2D eigenvalue weighted by atomic mass is 9.99. The fourth-order valence-electron chi connectivity index (χ4n) is 4.03. The van der Waals surface area contributed by atoms with E-state index in [9.17, 15) is 10.1 Å². The Morgan fingerprint density at radius 3 is 2.71 bits per heavy atom. The lowest BCUT2D eigenvalue weighted by Gasteiger charge is -2.32. The van der Waals surface area contributed by atoms with Crippen molar-refractivity contribution >= 4 is 23.4 Å². The van der Waals surface area contributed by atoms with Crippen LogP contribution in [0.2, 0.25) is 0 Å². The number of aryl methyl sites for hydroxylation is 2. The number of thioether (sulfide) groups is 1. The summed E-state index contributed by atoms with van der Waals surface area (Å²) in [6.45, 7) is 10.0. The molecule has 0 saturated carbocycles. The van der Waals surface area contributed by atoms with E-state index >= 15 is 0 Å². The number of rotatable bonds is 5. The van der Waals surface area contributed by atoms with Crippen molar-refractivity contribution in [2.45, 2.75) is 52.4 Å². The number of aromatic nitrogens is 3. The molecule has 2 heterocycles. The topological polar surface area (TPSA) is 92.0 Å². The van der Waals surface area contributed by atoms with Crippen LogP contribution < -0.4 is 9.64 Å². The van der Waals surface area contributed by atoms with Gasteiger partial charge in [-0.05, 0) is 37.5 Å². The summed E-state index contributed by atoms with van der Waals surface area (Å²) in [6.07, 6.45) is -0.601. The van der Waals surface area contributed by atoms with Crippen LogP contribution in [0.5, 0.6) is 5.88 Å². The van der Waals surface area contributed by atoms with E-state index in [4.69, 9.17) is 9.72 Å². The highest BCUT2D eigenvalue weighted by Crippen LogP contribution is 2.46. The minimum absolute atomic E-state index is 0.124. The third-order valence-corrected chi connectivity index (χ3v) is 6.76. The molecule has 1 aliphatic heterocycles. The van der Waals surface area contributed by atoms with Crippen molar-refractivity contribution in [1.29, 1.82) is 5.26 Å². The molecule has 0 N–H and O–H groups in total. The number of ether oxygens (including phenoxy) is 1. The smallest absolute Gasteiger partial charge is 0.247 e. The molecule has 1 aliphatic rings. The first kappa shape index (κ1) is 23.7. The maximum Gasteiger partial charge on any atom is 0.247 e. The summed E-state index contributed by atoms with van der Waals surface area (Å²) in [6, 6.07) is 13.4. The van der Waals surface area contributed by atoms with Crippen LogP contribution in [0, 0.1) is 31.1 Å². The van der Waals surface area contributed by atoms with Gasteiger partial charge in [0.2, 0.25) is 23.2 Å². The van der Waals surface area contributed by atoms with Gasteiger partial charge in [0, 0.05) is 23.3 Å². The molecule has 8 heteroatoms. The predicted octanol–water partition coefficient (Wildman–Crippen LogP) is 5.61. The minimum Gasteiger partial charge on any atom is -0.447 e. The Morgan fingerprint density at radius 1 is 1.24 bits per heavy atom. The predicted molar refractivity (Wildman–Crippen MR) is 133 cm³/mol. The van der Waals surface area contributed by atoms with E-state index in [0.29, 0.717) is 39.5 Å². The SMILES string of the molecule is CCC(=O)N1c2c(C)cc(C)cc2-c2nnc(SCC(C)C)nc2O[C@H]1c1ccccc1C#N. The van der Waals surface area contributed by atoms with E-state index < -0.39 is 6.23 Å². The zero-order chi connectivity index (χ0) is 24.4. The first-order valence-corrected chi connectivity index (χ1v) is 12.3. The lowest BCUT2D eigenvalue weighted by Crippen LogP contribution is -2.38. The van der Waals surface area contributed by atoms with Crippen molar-refractivity contribution < 1.29 is 9.53 Å². The molecule has 1 amide bonds. The number of nitriles is 1. The van der Waals surface area contributed by atoms with Crippen molar-refractivity contribution in [1.82, 2.24) is 15.2 Å². The number of hydrogen-bond donors (Lipinski definition) is 0. The summed E-state index contributed by atoms with van der Waals surface area (Å²) in [5, 5.41) is 19.2. The van der Waals surface area contributed by atoms with Gasteiger partial charge in [0.1, 0.15) is 0 Å². The Labute approximate surface area is 204 Å². The summed E-state index contributed by atoms with van der Waals surface area (Å²) in [5.41, 5.74) is 4.91. The number of benzene rings is 2. The van der Waals surface area contributed by atoms with Gasteiger partial charge in [-0.3, -0.25) is 9.69 Å². The van der Waals surface area contributed by atoms with Crippen LogP contribution in [-0.4, -0.2) is 26.8 Å². The Kier molecular flexibility index (Phi) is 6.85. The van der Waals surface area contributed by atoms with Gasteiger partial charge in [-0.1, -0.05) is 62.4 Å². The Hall–Kier alpha value is -3.44. The average molecular weight is 474 g/mol. The second-order valence-electron chi connectivity index (χ2n) is 8.72. The van der Waals surface area contributed by atoms with Gasteiger partial charge >= 0.3 is 0 Å². The molecule has 174 valence electrons. The van der Waals surface area contributed by atoms with Crippen molar-refractivity contribution in [2.24, 2.45) is 5.92 Å². The van der Waals surface area contributed by atoms with Gasteiger partial charge in [0.15, 0.2) is 5.69 Å². The van der Waals surface area contributed by atoms with Crippen LogP contribution in [0.4, 0.5) is 5.69 Å².